The van der Waals surface area contributed by atoms with E-state index in [4.69, 9.17) is 9.47 Å². The van der Waals surface area contributed by atoms with Crippen molar-refractivity contribution in [3.05, 3.63) is 58.8 Å². The zero-order valence-corrected chi connectivity index (χ0v) is 16.4. The Hall–Kier alpha value is -2.80. The summed E-state index contributed by atoms with van der Waals surface area (Å²) < 4.78 is 24.2. The van der Waals surface area contributed by atoms with Gasteiger partial charge in [-0.2, -0.15) is 0 Å². The fourth-order valence-electron chi connectivity index (χ4n) is 2.65. The van der Waals surface area contributed by atoms with Crippen LogP contribution in [-0.2, 0) is 4.79 Å². The van der Waals surface area contributed by atoms with E-state index in [1.165, 1.54) is 24.3 Å². The van der Waals surface area contributed by atoms with Crippen molar-refractivity contribution in [2.24, 2.45) is 0 Å². The molecule has 0 aliphatic carbocycles. The number of carbonyl (C=O) groups excluding carboxylic acids is 2. The largest absolute Gasteiger partial charge is 0.493 e. The van der Waals surface area contributed by atoms with Crippen molar-refractivity contribution >= 4 is 34.7 Å². The van der Waals surface area contributed by atoms with E-state index in [1.54, 1.807) is 31.4 Å². The molecule has 0 N–H and O–H groups in total. The highest BCUT2D eigenvalue weighted by atomic mass is 32.2. The monoisotopic (exact) mass is 401 g/mol. The molecule has 0 atom stereocenters. The number of amides is 2. The first-order valence-electron chi connectivity index (χ1n) is 8.88. The van der Waals surface area contributed by atoms with Crippen LogP contribution in [0, 0.1) is 5.82 Å². The molecule has 0 saturated carbocycles. The van der Waals surface area contributed by atoms with Gasteiger partial charge in [-0.05, 0) is 66.2 Å². The molecule has 1 aliphatic rings. The van der Waals surface area contributed by atoms with Gasteiger partial charge < -0.3 is 9.47 Å². The van der Waals surface area contributed by atoms with Gasteiger partial charge in [-0.1, -0.05) is 19.4 Å². The number of benzene rings is 2. The zero-order valence-electron chi connectivity index (χ0n) is 15.6. The SMILES string of the molecule is CCCCOc1ccc(/C=C2\SC(=O)N(c3ccc(F)cc3)C2=O)cc1OC. The predicted octanol–water partition coefficient (Wildman–Crippen LogP) is 5.25. The normalized spacial score (nSPS) is 15.4. The minimum absolute atomic E-state index is 0.288. The molecule has 0 unspecified atom stereocenters. The number of rotatable bonds is 7. The minimum Gasteiger partial charge on any atom is -0.493 e. The van der Waals surface area contributed by atoms with Crippen molar-refractivity contribution in [2.45, 2.75) is 19.8 Å². The van der Waals surface area contributed by atoms with E-state index in [0.717, 1.165) is 29.5 Å². The van der Waals surface area contributed by atoms with Crippen LogP contribution < -0.4 is 14.4 Å². The summed E-state index contributed by atoms with van der Waals surface area (Å²) in [4.78, 5) is 26.3. The summed E-state index contributed by atoms with van der Waals surface area (Å²) in [5, 5.41) is -0.422. The second kappa shape index (κ2) is 8.93. The Morgan fingerprint density at radius 1 is 1.11 bits per heavy atom. The Morgan fingerprint density at radius 3 is 2.54 bits per heavy atom. The van der Waals surface area contributed by atoms with Crippen LogP contribution >= 0.6 is 11.8 Å². The number of imide groups is 1. The second-order valence-electron chi connectivity index (χ2n) is 6.11. The molecule has 2 aromatic carbocycles. The molecule has 2 amide bonds. The summed E-state index contributed by atoms with van der Waals surface area (Å²) >= 11 is 0.843. The third-order valence-electron chi connectivity index (χ3n) is 4.12. The molecule has 1 saturated heterocycles. The number of hydrogen-bond donors (Lipinski definition) is 0. The Balaban J connectivity index is 1.82. The zero-order chi connectivity index (χ0) is 20.1. The lowest BCUT2D eigenvalue weighted by Gasteiger charge is -2.12. The summed E-state index contributed by atoms with van der Waals surface area (Å²) in [5.74, 6) is 0.318. The van der Waals surface area contributed by atoms with Crippen molar-refractivity contribution in [2.75, 3.05) is 18.6 Å². The topological polar surface area (TPSA) is 55.8 Å². The molecule has 1 heterocycles. The maximum atomic E-state index is 13.1. The molecule has 0 aromatic heterocycles. The van der Waals surface area contributed by atoms with Crippen LogP contribution in [0.2, 0.25) is 0 Å². The molecule has 5 nitrogen and oxygen atoms in total. The van der Waals surface area contributed by atoms with Gasteiger partial charge in [-0.15, -0.1) is 0 Å². The van der Waals surface area contributed by atoms with Gasteiger partial charge in [0.1, 0.15) is 5.82 Å². The predicted molar refractivity (Wildman–Crippen MR) is 108 cm³/mol. The van der Waals surface area contributed by atoms with Crippen LogP contribution in [0.1, 0.15) is 25.3 Å². The molecule has 3 rings (SSSR count). The van der Waals surface area contributed by atoms with Crippen LogP contribution in [0.5, 0.6) is 11.5 Å². The Labute approximate surface area is 167 Å². The first-order chi connectivity index (χ1) is 13.5. The number of thioether (sulfide) groups is 1. The lowest BCUT2D eigenvalue weighted by Crippen LogP contribution is -2.27. The molecule has 0 spiro atoms. The van der Waals surface area contributed by atoms with Crippen LogP contribution in [-0.4, -0.2) is 24.9 Å². The van der Waals surface area contributed by atoms with Gasteiger partial charge in [0.25, 0.3) is 11.1 Å². The van der Waals surface area contributed by atoms with Gasteiger partial charge in [0.05, 0.1) is 24.3 Å². The van der Waals surface area contributed by atoms with Gasteiger partial charge >= 0.3 is 0 Å². The van der Waals surface area contributed by atoms with Gasteiger partial charge in [0.15, 0.2) is 11.5 Å². The van der Waals surface area contributed by atoms with E-state index in [0.29, 0.717) is 29.4 Å². The first-order valence-corrected chi connectivity index (χ1v) is 9.69. The lowest BCUT2D eigenvalue weighted by atomic mass is 10.1. The van der Waals surface area contributed by atoms with Crippen molar-refractivity contribution in [3.8, 4) is 11.5 Å². The number of ether oxygens (including phenoxy) is 2. The third kappa shape index (κ3) is 4.36. The number of nitrogens with zero attached hydrogens (tertiary/aromatic N) is 1. The van der Waals surface area contributed by atoms with Gasteiger partial charge in [0, 0.05) is 0 Å². The van der Waals surface area contributed by atoms with Crippen LogP contribution in [0.3, 0.4) is 0 Å². The Bertz CT molecular complexity index is 911. The first kappa shape index (κ1) is 19.9. The van der Waals surface area contributed by atoms with E-state index >= 15 is 0 Å². The van der Waals surface area contributed by atoms with Crippen molar-refractivity contribution in [3.63, 3.8) is 0 Å². The molecule has 146 valence electrons. The maximum Gasteiger partial charge on any atom is 0.298 e. The Morgan fingerprint density at radius 2 is 1.86 bits per heavy atom. The Kier molecular flexibility index (Phi) is 6.36. The van der Waals surface area contributed by atoms with Crippen molar-refractivity contribution in [1.29, 1.82) is 0 Å². The quantitative estimate of drug-likeness (QED) is 0.468. The molecule has 28 heavy (non-hydrogen) atoms. The van der Waals surface area contributed by atoms with Gasteiger partial charge in [-0.25, -0.2) is 9.29 Å². The summed E-state index contributed by atoms with van der Waals surface area (Å²) in [6, 6.07) is 10.6. The molecule has 1 aliphatic heterocycles. The molecular weight excluding hydrogens is 381 g/mol. The fraction of sp³-hybridized carbons (Fsp3) is 0.238. The molecule has 7 heteroatoms. The van der Waals surface area contributed by atoms with E-state index in [-0.39, 0.29) is 4.91 Å². The van der Waals surface area contributed by atoms with Crippen LogP contribution in [0.4, 0.5) is 14.9 Å². The van der Waals surface area contributed by atoms with E-state index in [9.17, 15) is 14.0 Å². The summed E-state index contributed by atoms with van der Waals surface area (Å²) in [6.07, 6.45) is 3.61. The minimum atomic E-state index is -0.441. The van der Waals surface area contributed by atoms with Crippen molar-refractivity contribution in [1.82, 2.24) is 0 Å². The third-order valence-corrected chi connectivity index (χ3v) is 4.99. The molecule has 2 aromatic rings. The molecule has 0 radical (unpaired) electrons. The molecule has 0 bridgehead atoms. The maximum absolute atomic E-state index is 13.1. The number of anilines is 1. The molecular formula is C21H20FNO4S. The number of carbonyl (C=O) groups is 2. The number of unbranched alkanes of at least 4 members (excludes halogenated alkanes) is 1. The number of halogens is 1. The summed E-state index contributed by atoms with van der Waals surface area (Å²) in [6.45, 7) is 2.69. The van der Waals surface area contributed by atoms with Gasteiger partial charge in [-0.3, -0.25) is 9.59 Å². The second-order valence-corrected chi connectivity index (χ2v) is 7.10. The highest BCUT2D eigenvalue weighted by molar-refractivity contribution is 8.19. The van der Waals surface area contributed by atoms with E-state index in [1.807, 2.05) is 0 Å². The highest BCUT2D eigenvalue weighted by Crippen LogP contribution is 2.37. The average Bonchev–Trinajstić information content (AvgIpc) is 2.97. The smallest absolute Gasteiger partial charge is 0.298 e. The summed E-state index contributed by atoms with van der Waals surface area (Å²) in [5.41, 5.74) is 1.05. The lowest BCUT2D eigenvalue weighted by molar-refractivity contribution is -0.113. The van der Waals surface area contributed by atoms with Gasteiger partial charge in [0.2, 0.25) is 0 Å². The highest BCUT2D eigenvalue weighted by Gasteiger charge is 2.36. The van der Waals surface area contributed by atoms with E-state index in [2.05, 4.69) is 6.92 Å². The number of methoxy groups -OCH3 is 1. The summed E-state index contributed by atoms with van der Waals surface area (Å²) in [7, 11) is 1.55. The standard InChI is InChI=1S/C21H20FNO4S/c1-3-4-11-27-17-10-5-14(12-18(17)26-2)13-19-20(24)23(21(25)28-19)16-8-6-15(22)7-9-16/h5-10,12-13H,3-4,11H2,1-2H3/b19-13-. The van der Waals surface area contributed by atoms with Crippen LogP contribution in [0.15, 0.2) is 47.4 Å². The van der Waals surface area contributed by atoms with Crippen molar-refractivity contribution < 1.29 is 23.5 Å². The number of hydrogen-bond acceptors (Lipinski definition) is 5. The average molecular weight is 401 g/mol. The van der Waals surface area contributed by atoms with E-state index < -0.39 is 17.0 Å². The molecule has 1 fully saturated rings. The van der Waals surface area contributed by atoms with Crippen LogP contribution in [0.25, 0.3) is 6.08 Å². The fourth-order valence-corrected chi connectivity index (χ4v) is 3.49.